The van der Waals surface area contributed by atoms with E-state index in [-0.39, 0.29) is 58.8 Å². The number of hydrogen-bond acceptors (Lipinski definition) is 10. The smallest absolute Gasteiger partial charge is 0.399 e. The van der Waals surface area contributed by atoms with Gasteiger partial charge in [-0.25, -0.2) is 8.78 Å². The minimum atomic E-state index is -0.361. The summed E-state index contributed by atoms with van der Waals surface area (Å²) in [6.45, 7) is 20.0. The molecule has 2 aromatic heterocycles. The van der Waals surface area contributed by atoms with Crippen molar-refractivity contribution in [1.82, 2.24) is 9.97 Å². The van der Waals surface area contributed by atoms with Crippen LogP contribution in [0.25, 0.3) is 22.3 Å². The predicted molar refractivity (Wildman–Crippen MR) is 345 cm³/mol. The lowest BCUT2D eigenvalue weighted by Gasteiger charge is -2.32. The zero-order chi connectivity index (χ0) is 62.2. The lowest BCUT2D eigenvalue weighted by atomic mass is 9.78. The molecule has 7 aromatic rings. The van der Waals surface area contributed by atoms with E-state index in [2.05, 4.69) is 117 Å². The van der Waals surface area contributed by atoms with Gasteiger partial charge in [0.2, 0.25) is 28.9 Å². The maximum absolute atomic E-state index is 13.2. The molecular formula is C66H69BBr2ClF2N7O7. The van der Waals surface area contributed by atoms with Crippen molar-refractivity contribution in [2.75, 3.05) is 57.6 Å². The van der Waals surface area contributed by atoms with Crippen molar-refractivity contribution < 1.29 is 42.1 Å². The van der Waals surface area contributed by atoms with Crippen LogP contribution in [0.4, 0.5) is 37.2 Å². The fourth-order valence-corrected chi connectivity index (χ4v) is 11.6. The third-order valence-corrected chi connectivity index (χ3v) is 16.8. The van der Waals surface area contributed by atoms with Crippen molar-refractivity contribution in [2.45, 2.75) is 106 Å². The predicted octanol–water partition coefficient (Wildman–Crippen LogP) is 13.0. The summed E-state index contributed by atoms with van der Waals surface area (Å²) in [6.07, 6.45) is 10.4. The molecule has 13 rings (SSSR count). The van der Waals surface area contributed by atoms with Crippen molar-refractivity contribution in [1.29, 1.82) is 0 Å². The van der Waals surface area contributed by atoms with E-state index in [4.69, 9.17) is 9.31 Å². The first-order valence-corrected chi connectivity index (χ1v) is 30.3. The minimum absolute atomic E-state index is 0.0546. The van der Waals surface area contributed by atoms with Crippen LogP contribution in [0.2, 0.25) is 0 Å². The molecule has 0 atom stereocenters. The number of nitrogens with zero attached hydrogens (tertiary/aromatic N) is 6. The van der Waals surface area contributed by atoms with Crippen LogP contribution in [0.5, 0.6) is 0 Å². The third-order valence-electron chi connectivity index (χ3n) is 15.8. The van der Waals surface area contributed by atoms with E-state index >= 15 is 0 Å². The summed E-state index contributed by atoms with van der Waals surface area (Å²) in [5.74, 6) is -0.359. The summed E-state index contributed by atoms with van der Waals surface area (Å²) in [6, 6.07) is 33.1. The Morgan fingerprint density at radius 2 is 0.849 bits per heavy atom. The lowest BCUT2D eigenvalue weighted by molar-refractivity contribution is -0.117. The van der Waals surface area contributed by atoms with E-state index in [9.17, 15) is 32.8 Å². The zero-order valence-electron chi connectivity index (χ0n) is 49.7. The van der Waals surface area contributed by atoms with Crippen molar-refractivity contribution in [3.63, 3.8) is 0 Å². The first-order chi connectivity index (χ1) is 40.8. The standard InChI is InChI=1S/C16H22BNO3.2C15H13FN2O.C10H10BrNO.C8H8BrN.C2H3ClO/c1-11(19)18-9-8-12-10-13(6-7-14(12)18)17-20-15(2,3)16(4,5)21-17;2*1-10(19)18-5-4-12-6-11(2-3-15(12)18)13-7-14(16)9-17-8-13;1-7(13)12-5-4-8-6-9(11)2-3-10(8)12;9-7-1-2-8-6(5-7)3-4-10-8;1-2(3)4/h6-7,10H,8-9H2,1-5H3;2*2-3,6-9H,4-5H2,1H3;2-3,6H,4-5H2,1H3;1-2,5,10H,3-4H2;1H3. The molecule has 5 aromatic carbocycles. The summed E-state index contributed by atoms with van der Waals surface area (Å²) in [5.41, 5.74) is 15.1. The summed E-state index contributed by atoms with van der Waals surface area (Å²) in [5, 5.41) is 2.95. The molecule has 86 heavy (non-hydrogen) atoms. The highest BCUT2D eigenvalue weighted by Crippen LogP contribution is 2.38. The molecule has 0 saturated carbocycles. The van der Waals surface area contributed by atoms with Gasteiger partial charge >= 0.3 is 7.12 Å². The minimum Gasteiger partial charge on any atom is -0.399 e. The van der Waals surface area contributed by atoms with Crippen molar-refractivity contribution in [3.05, 3.63) is 176 Å². The summed E-state index contributed by atoms with van der Waals surface area (Å²) in [7, 11) is -0.341. The van der Waals surface area contributed by atoms with Crippen LogP contribution in [0.1, 0.15) is 90.1 Å². The van der Waals surface area contributed by atoms with E-state index in [0.29, 0.717) is 0 Å². The van der Waals surface area contributed by atoms with Gasteiger partial charge in [0.1, 0.15) is 11.6 Å². The molecule has 0 radical (unpaired) electrons. The number of carbonyl (C=O) groups excluding carboxylic acids is 5. The fourth-order valence-electron chi connectivity index (χ4n) is 10.8. The molecule has 1 saturated heterocycles. The number of nitrogens with one attached hydrogen (secondary N) is 1. The number of rotatable bonds is 3. The molecule has 1 fully saturated rings. The van der Waals surface area contributed by atoms with Crippen LogP contribution in [0.15, 0.2) is 137 Å². The normalized spacial score (nSPS) is 15.6. The Bertz CT molecular complexity index is 3570. The quantitative estimate of drug-likeness (QED) is 0.134. The van der Waals surface area contributed by atoms with Crippen LogP contribution in [-0.2, 0) is 65.4 Å². The molecule has 0 unspecified atom stereocenters. The average molecular weight is 1320 g/mol. The second kappa shape index (κ2) is 28.1. The van der Waals surface area contributed by atoms with Gasteiger partial charge in [-0.15, -0.1) is 0 Å². The Morgan fingerprint density at radius 3 is 1.26 bits per heavy atom. The van der Waals surface area contributed by atoms with Gasteiger partial charge in [-0.1, -0.05) is 56.1 Å². The molecule has 0 bridgehead atoms. The van der Waals surface area contributed by atoms with Crippen LogP contribution < -0.4 is 30.4 Å². The Labute approximate surface area is 524 Å². The topological polar surface area (TPSA) is 155 Å². The molecule has 448 valence electrons. The van der Waals surface area contributed by atoms with Gasteiger partial charge in [0.25, 0.3) is 0 Å². The second-order valence-electron chi connectivity index (χ2n) is 22.4. The fraction of sp³-hybridized carbons (Fsp3) is 0.318. The van der Waals surface area contributed by atoms with Crippen molar-refractivity contribution >= 4 is 113 Å². The number of anilines is 5. The van der Waals surface area contributed by atoms with Gasteiger partial charge in [0.15, 0.2) is 0 Å². The number of hydrogen-bond donors (Lipinski definition) is 1. The molecule has 14 nitrogen and oxygen atoms in total. The van der Waals surface area contributed by atoms with Crippen molar-refractivity contribution in [3.8, 4) is 22.3 Å². The Morgan fingerprint density at radius 1 is 0.488 bits per heavy atom. The number of benzene rings is 5. The zero-order valence-corrected chi connectivity index (χ0v) is 53.6. The molecule has 0 aliphatic carbocycles. The van der Waals surface area contributed by atoms with E-state index < -0.39 is 0 Å². The first-order valence-electron chi connectivity index (χ1n) is 28.3. The third kappa shape index (κ3) is 15.9. The molecule has 20 heteroatoms. The van der Waals surface area contributed by atoms with Crippen LogP contribution in [0, 0.1) is 11.6 Å². The van der Waals surface area contributed by atoms with Crippen LogP contribution in [-0.4, -0.2) is 89.9 Å². The Hall–Kier alpha value is -7.16. The lowest BCUT2D eigenvalue weighted by Crippen LogP contribution is -2.41. The van der Waals surface area contributed by atoms with E-state index in [1.165, 1.54) is 58.3 Å². The Kier molecular flexibility index (Phi) is 21.2. The van der Waals surface area contributed by atoms with Gasteiger partial charge in [-0.2, -0.15) is 0 Å². The monoisotopic (exact) mass is 1310 g/mol. The van der Waals surface area contributed by atoms with E-state index in [1.807, 2.05) is 70.5 Å². The highest BCUT2D eigenvalue weighted by molar-refractivity contribution is 9.10. The summed E-state index contributed by atoms with van der Waals surface area (Å²) in [4.78, 5) is 69.9. The van der Waals surface area contributed by atoms with Crippen LogP contribution in [0.3, 0.4) is 0 Å². The Balaban J connectivity index is 0.000000140. The average Bonchev–Trinajstić information content (AvgIpc) is 2.15. The van der Waals surface area contributed by atoms with E-state index in [0.717, 1.165) is 131 Å². The number of fused-ring (bicyclic) bond motifs is 5. The second-order valence-corrected chi connectivity index (χ2v) is 24.7. The first kappa shape index (κ1) is 64.8. The van der Waals surface area contributed by atoms with Gasteiger partial charge < -0.3 is 34.2 Å². The number of aromatic nitrogens is 2. The van der Waals surface area contributed by atoms with Crippen molar-refractivity contribution in [2.24, 2.45) is 0 Å². The molecule has 6 aliphatic rings. The molecule has 4 amide bonds. The van der Waals surface area contributed by atoms with Gasteiger partial charge in [0.05, 0.1) is 23.6 Å². The molecule has 0 spiro atoms. The largest absolute Gasteiger partial charge is 0.494 e. The molecular weight excluding hydrogens is 1250 g/mol. The molecule has 6 aliphatic heterocycles. The number of carbonyl (C=O) groups is 5. The highest BCUT2D eigenvalue weighted by Gasteiger charge is 2.52. The van der Waals surface area contributed by atoms with Gasteiger partial charge in [-0.05, 0) is 195 Å². The number of amides is 4. The number of halogens is 5. The SMILES string of the molecule is Brc1ccc2c(c1)CCN2.CC(=O)Cl.CC(=O)N1CCc2cc(-c3cncc(F)c3)ccc21.CC(=O)N1CCc2cc(-c3cncc(F)c3)ccc21.CC(=O)N1CCc2cc(B3OC(C)(C)C(C)(C)O3)ccc21.CC(=O)N1CCc2cc(Br)ccc21. The maximum Gasteiger partial charge on any atom is 0.494 e. The molecule has 8 heterocycles. The van der Waals surface area contributed by atoms with Crippen LogP contribution >= 0.6 is 43.5 Å². The highest BCUT2D eigenvalue weighted by atomic mass is 79.9. The number of pyridine rings is 2. The van der Waals surface area contributed by atoms with Gasteiger partial charge in [-0.3, -0.25) is 33.9 Å². The summed E-state index contributed by atoms with van der Waals surface area (Å²) >= 11 is 11.5. The summed E-state index contributed by atoms with van der Waals surface area (Å²) < 4.78 is 40.8. The molecule has 1 N–H and O–H groups in total. The van der Waals surface area contributed by atoms with E-state index in [1.54, 1.807) is 49.9 Å². The maximum atomic E-state index is 13.2. The van der Waals surface area contributed by atoms with Gasteiger partial charge in [0, 0.05) is 128 Å².